The van der Waals surface area contributed by atoms with E-state index in [0.717, 1.165) is 24.5 Å². The van der Waals surface area contributed by atoms with Crippen molar-refractivity contribution in [3.63, 3.8) is 0 Å². The zero-order chi connectivity index (χ0) is 11.5. The van der Waals surface area contributed by atoms with E-state index < -0.39 is 0 Å². The normalized spacial score (nSPS) is 15.8. The molecule has 1 fully saturated rings. The average molecular weight is 218 g/mol. The number of anilines is 1. The van der Waals surface area contributed by atoms with Gasteiger partial charge in [-0.25, -0.2) is 4.98 Å². The van der Waals surface area contributed by atoms with Crippen LogP contribution in [0.25, 0.3) is 0 Å². The van der Waals surface area contributed by atoms with Crippen LogP contribution in [0.15, 0.2) is 18.3 Å². The number of rotatable bonds is 3. The summed E-state index contributed by atoms with van der Waals surface area (Å²) >= 11 is 0. The molecule has 0 unspecified atom stereocenters. The van der Waals surface area contributed by atoms with Gasteiger partial charge in [0.15, 0.2) is 5.78 Å². The summed E-state index contributed by atoms with van der Waals surface area (Å²) in [6.45, 7) is 5.91. The Balaban J connectivity index is 2.33. The monoisotopic (exact) mass is 218 g/mol. The first-order chi connectivity index (χ1) is 7.70. The molecule has 2 rings (SSSR count). The molecule has 0 N–H and O–H groups in total. The highest BCUT2D eigenvalue weighted by Gasteiger charge is 2.21. The molecule has 2 heterocycles. The Kier molecular flexibility index (Phi) is 3.22. The molecule has 1 aromatic heterocycles. The van der Waals surface area contributed by atoms with Crippen molar-refractivity contribution in [3.8, 4) is 0 Å². The quantitative estimate of drug-likeness (QED) is 0.731. The second-order valence-electron chi connectivity index (χ2n) is 4.59. The van der Waals surface area contributed by atoms with Gasteiger partial charge in [0.2, 0.25) is 0 Å². The molecule has 1 aromatic rings. The molecule has 0 radical (unpaired) electrons. The first kappa shape index (κ1) is 11.1. The van der Waals surface area contributed by atoms with Gasteiger partial charge >= 0.3 is 0 Å². The smallest absolute Gasteiger partial charge is 0.169 e. The lowest BCUT2D eigenvalue weighted by Crippen LogP contribution is -2.23. The van der Waals surface area contributed by atoms with Gasteiger partial charge in [-0.1, -0.05) is 13.8 Å². The summed E-state index contributed by atoms with van der Waals surface area (Å²) in [4.78, 5) is 18.6. The minimum Gasteiger partial charge on any atom is -0.356 e. The lowest BCUT2D eigenvalue weighted by molar-refractivity contribution is 0.0939. The molecule has 3 heteroatoms. The van der Waals surface area contributed by atoms with Crippen LogP contribution >= 0.6 is 0 Å². The number of hydrogen-bond acceptors (Lipinski definition) is 3. The van der Waals surface area contributed by atoms with Crippen molar-refractivity contribution < 1.29 is 4.79 Å². The fourth-order valence-electron chi connectivity index (χ4n) is 2.08. The second-order valence-corrected chi connectivity index (χ2v) is 4.59. The topological polar surface area (TPSA) is 33.2 Å². The number of hydrogen-bond donors (Lipinski definition) is 0. The van der Waals surface area contributed by atoms with Crippen LogP contribution in [0.3, 0.4) is 0 Å². The summed E-state index contributed by atoms with van der Waals surface area (Å²) in [7, 11) is 0. The highest BCUT2D eigenvalue weighted by Crippen LogP contribution is 2.23. The van der Waals surface area contributed by atoms with Crippen LogP contribution in [-0.2, 0) is 0 Å². The van der Waals surface area contributed by atoms with Gasteiger partial charge in [-0.3, -0.25) is 4.79 Å². The van der Waals surface area contributed by atoms with Gasteiger partial charge in [-0.15, -0.1) is 0 Å². The number of Topliss-reactive ketones (excluding diaryl/α,β-unsaturated/α-hetero) is 1. The van der Waals surface area contributed by atoms with Gasteiger partial charge in [0.25, 0.3) is 0 Å². The number of aromatic nitrogens is 1. The first-order valence-electron chi connectivity index (χ1n) is 5.94. The van der Waals surface area contributed by atoms with E-state index in [1.54, 1.807) is 6.20 Å². The van der Waals surface area contributed by atoms with Gasteiger partial charge in [0, 0.05) is 25.2 Å². The molecule has 1 aliphatic heterocycles. The zero-order valence-electron chi connectivity index (χ0n) is 9.94. The van der Waals surface area contributed by atoms with Crippen molar-refractivity contribution in [2.45, 2.75) is 26.7 Å². The molecule has 0 aliphatic carbocycles. The van der Waals surface area contributed by atoms with E-state index in [1.807, 2.05) is 26.0 Å². The molecule has 0 aromatic carbocycles. The van der Waals surface area contributed by atoms with Crippen LogP contribution in [-0.4, -0.2) is 23.9 Å². The highest BCUT2D eigenvalue weighted by molar-refractivity contribution is 6.01. The molecule has 0 saturated carbocycles. The van der Waals surface area contributed by atoms with Gasteiger partial charge in [0.1, 0.15) is 5.82 Å². The fraction of sp³-hybridized carbons (Fsp3) is 0.538. The molecule has 0 amide bonds. The predicted molar refractivity (Wildman–Crippen MR) is 64.9 cm³/mol. The van der Waals surface area contributed by atoms with Gasteiger partial charge in [-0.2, -0.15) is 0 Å². The lowest BCUT2D eigenvalue weighted by atomic mass is 10.0. The Morgan fingerprint density at radius 2 is 2.06 bits per heavy atom. The van der Waals surface area contributed by atoms with Crippen LogP contribution in [0, 0.1) is 5.92 Å². The molecule has 3 nitrogen and oxygen atoms in total. The minimum atomic E-state index is 0.0329. The van der Waals surface area contributed by atoms with Gasteiger partial charge < -0.3 is 4.90 Å². The predicted octanol–water partition coefficient (Wildman–Crippen LogP) is 2.52. The van der Waals surface area contributed by atoms with E-state index in [4.69, 9.17) is 0 Å². The molecule has 0 atom stereocenters. The second kappa shape index (κ2) is 4.64. The van der Waals surface area contributed by atoms with Crippen molar-refractivity contribution in [2.24, 2.45) is 5.92 Å². The van der Waals surface area contributed by atoms with Gasteiger partial charge in [0.05, 0.1) is 5.56 Å². The molecular formula is C13H18N2O. The molecule has 86 valence electrons. The van der Waals surface area contributed by atoms with E-state index in [-0.39, 0.29) is 11.7 Å². The summed E-state index contributed by atoms with van der Waals surface area (Å²) < 4.78 is 0. The Morgan fingerprint density at radius 1 is 1.38 bits per heavy atom. The highest BCUT2D eigenvalue weighted by atomic mass is 16.1. The summed E-state index contributed by atoms with van der Waals surface area (Å²) in [5.74, 6) is 1.10. The Labute approximate surface area is 96.5 Å². The van der Waals surface area contributed by atoms with E-state index in [0.29, 0.717) is 0 Å². The number of nitrogens with zero attached hydrogens (tertiary/aromatic N) is 2. The van der Waals surface area contributed by atoms with Crippen LogP contribution in [0.5, 0.6) is 0 Å². The van der Waals surface area contributed by atoms with E-state index >= 15 is 0 Å². The summed E-state index contributed by atoms with van der Waals surface area (Å²) in [5.41, 5.74) is 0.777. The van der Waals surface area contributed by atoms with Gasteiger partial charge in [-0.05, 0) is 25.0 Å². The maximum absolute atomic E-state index is 12.1. The fourth-order valence-corrected chi connectivity index (χ4v) is 2.08. The summed E-state index contributed by atoms with van der Waals surface area (Å²) in [6, 6.07) is 3.73. The van der Waals surface area contributed by atoms with Crippen LogP contribution in [0.2, 0.25) is 0 Å². The maximum atomic E-state index is 12.1. The van der Waals surface area contributed by atoms with Crippen LogP contribution in [0.4, 0.5) is 5.82 Å². The maximum Gasteiger partial charge on any atom is 0.169 e. The molecule has 0 bridgehead atoms. The van der Waals surface area contributed by atoms with Crippen molar-refractivity contribution in [2.75, 3.05) is 18.0 Å². The van der Waals surface area contributed by atoms with Crippen LogP contribution < -0.4 is 4.90 Å². The lowest BCUT2D eigenvalue weighted by Gasteiger charge is -2.19. The third kappa shape index (κ3) is 2.08. The SMILES string of the molecule is CC(C)C(=O)c1cccnc1N1CCCC1. The average Bonchev–Trinajstić information content (AvgIpc) is 2.81. The Bertz CT molecular complexity index is 381. The van der Waals surface area contributed by atoms with E-state index in [2.05, 4.69) is 9.88 Å². The van der Waals surface area contributed by atoms with E-state index in [9.17, 15) is 4.79 Å². The number of ketones is 1. The number of carbonyl (C=O) groups is 1. The van der Waals surface area contributed by atoms with E-state index in [1.165, 1.54) is 12.8 Å². The van der Waals surface area contributed by atoms with Crippen molar-refractivity contribution in [1.82, 2.24) is 4.98 Å². The Hall–Kier alpha value is -1.38. The summed E-state index contributed by atoms with van der Waals surface area (Å²) in [5, 5.41) is 0. The molecule has 16 heavy (non-hydrogen) atoms. The van der Waals surface area contributed by atoms with Crippen molar-refractivity contribution >= 4 is 11.6 Å². The standard InChI is InChI=1S/C13H18N2O/c1-10(2)12(16)11-6-5-7-14-13(11)15-8-3-4-9-15/h5-7,10H,3-4,8-9H2,1-2H3. The molecule has 1 saturated heterocycles. The molecular weight excluding hydrogens is 200 g/mol. The minimum absolute atomic E-state index is 0.0329. The third-order valence-electron chi connectivity index (χ3n) is 2.98. The first-order valence-corrected chi connectivity index (χ1v) is 5.94. The van der Waals surface area contributed by atoms with Crippen LogP contribution in [0.1, 0.15) is 37.0 Å². The zero-order valence-corrected chi connectivity index (χ0v) is 9.94. The molecule has 1 aliphatic rings. The summed E-state index contributed by atoms with van der Waals surface area (Å²) in [6.07, 6.45) is 4.17. The van der Waals surface area contributed by atoms with Crippen molar-refractivity contribution in [1.29, 1.82) is 0 Å². The number of pyridine rings is 1. The molecule has 0 spiro atoms. The number of carbonyl (C=O) groups excluding carboxylic acids is 1. The Morgan fingerprint density at radius 3 is 2.69 bits per heavy atom. The third-order valence-corrected chi connectivity index (χ3v) is 2.98. The largest absolute Gasteiger partial charge is 0.356 e. The van der Waals surface area contributed by atoms with Crippen molar-refractivity contribution in [3.05, 3.63) is 23.9 Å².